The third-order valence-electron chi connectivity index (χ3n) is 5.54. The minimum absolute atomic E-state index is 0.00496. The number of rotatable bonds is 4. The van der Waals surface area contributed by atoms with Crippen LogP contribution in [0.3, 0.4) is 0 Å². The predicted molar refractivity (Wildman–Crippen MR) is 114 cm³/mol. The van der Waals surface area contributed by atoms with E-state index in [1.807, 2.05) is 42.5 Å². The highest BCUT2D eigenvalue weighted by Gasteiger charge is 2.43. The molecule has 3 nitrogen and oxygen atoms in total. The average molecular weight is 364 g/mol. The summed E-state index contributed by atoms with van der Waals surface area (Å²) in [6.07, 6.45) is 2.67. The molecule has 0 aliphatic heterocycles. The van der Waals surface area contributed by atoms with Crippen LogP contribution in [0.5, 0.6) is 0 Å². The van der Waals surface area contributed by atoms with Crippen molar-refractivity contribution >= 4 is 33.7 Å². The van der Waals surface area contributed by atoms with Crippen LogP contribution in [0.2, 0.25) is 0 Å². The number of fused-ring (bicyclic) bond motifs is 2. The summed E-state index contributed by atoms with van der Waals surface area (Å²) in [7, 11) is 0. The molecule has 136 valence electrons. The molecule has 0 bridgehead atoms. The lowest BCUT2D eigenvalue weighted by molar-refractivity contribution is -0.122. The monoisotopic (exact) mass is 364 g/mol. The van der Waals surface area contributed by atoms with E-state index in [4.69, 9.17) is 0 Å². The molecule has 1 aliphatic rings. The summed E-state index contributed by atoms with van der Waals surface area (Å²) in [6, 6.07) is 28.9. The van der Waals surface area contributed by atoms with E-state index in [1.54, 1.807) is 6.21 Å². The number of amides is 1. The van der Waals surface area contributed by atoms with Crippen LogP contribution in [0, 0.1) is 5.92 Å². The first-order chi connectivity index (χ1) is 13.8. The van der Waals surface area contributed by atoms with E-state index in [2.05, 4.69) is 53.0 Å². The Labute approximate surface area is 163 Å². The molecule has 1 N–H and O–H groups in total. The van der Waals surface area contributed by atoms with Crippen molar-refractivity contribution < 1.29 is 4.79 Å². The lowest BCUT2D eigenvalue weighted by atomic mass is 9.97. The summed E-state index contributed by atoms with van der Waals surface area (Å²) in [4.78, 5) is 12.5. The number of benzene rings is 4. The standard InChI is InChI=1S/C25H20N2O/c28-25(23-15-22(23)17-8-2-1-3-9-17)27-26-16-24-20-12-6-4-10-18(20)14-19-11-5-7-13-21(19)24/h1-14,16,22-23H,15H2,(H,27,28)/b26-16-/t22-,23-/m0/s1. The van der Waals surface area contributed by atoms with E-state index in [0.717, 1.165) is 22.8 Å². The zero-order valence-electron chi connectivity index (χ0n) is 15.4. The van der Waals surface area contributed by atoms with Gasteiger partial charge in [0.25, 0.3) is 0 Å². The molecule has 5 rings (SSSR count). The molecule has 2 atom stereocenters. The normalized spacial score (nSPS) is 18.6. The van der Waals surface area contributed by atoms with Gasteiger partial charge in [-0.25, -0.2) is 5.43 Å². The third-order valence-corrected chi connectivity index (χ3v) is 5.54. The van der Waals surface area contributed by atoms with Crippen LogP contribution in [-0.2, 0) is 4.79 Å². The van der Waals surface area contributed by atoms with Gasteiger partial charge in [0, 0.05) is 11.5 Å². The van der Waals surface area contributed by atoms with Gasteiger partial charge in [-0.2, -0.15) is 5.10 Å². The summed E-state index contributed by atoms with van der Waals surface area (Å²) in [5, 5.41) is 8.90. The third kappa shape index (κ3) is 3.05. The number of carbonyl (C=O) groups is 1. The minimum atomic E-state index is -0.00496. The highest BCUT2D eigenvalue weighted by atomic mass is 16.2. The van der Waals surface area contributed by atoms with E-state index in [1.165, 1.54) is 16.3 Å². The van der Waals surface area contributed by atoms with Gasteiger partial charge in [-0.3, -0.25) is 4.79 Å². The Morgan fingerprint density at radius 3 is 2.14 bits per heavy atom. The van der Waals surface area contributed by atoms with Crippen molar-refractivity contribution in [1.82, 2.24) is 5.43 Å². The molecule has 1 fully saturated rings. The predicted octanol–water partition coefficient (Wildman–Crippen LogP) is 5.25. The molecule has 3 heteroatoms. The maximum Gasteiger partial charge on any atom is 0.243 e. The highest BCUT2D eigenvalue weighted by Crippen LogP contribution is 2.47. The Bertz CT molecular complexity index is 1140. The highest BCUT2D eigenvalue weighted by molar-refractivity contribution is 6.13. The van der Waals surface area contributed by atoms with Crippen LogP contribution >= 0.6 is 0 Å². The van der Waals surface area contributed by atoms with Crippen molar-refractivity contribution in [2.45, 2.75) is 12.3 Å². The number of hydrogen-bond donors (Lipinski definition) is 1. The zero-order valence-corrected chi connectivity index (χ0v) is 15.4. The second-order valence-electron chi connectivity index (χ2n) is 7.33. The molecule has 0 aromatic heterocycles. The summed E-state index contributed by atoms with van der Waals surface area (Å²) >= 11 is 0. The fourth-order valence-electron chi connectivity index (χ4n) is 3.98. The largest absolute Gasteiger partial charge is 0.273 e. The molecule has 0 spiro atoms. The quantitative estimate of drug-likeness (QED) is 0.300. The first kappa shape index (κ1) is 16.7. The number of nitrogens with zero attached hydrogens (tertiary/aromatic N) is 1. The molecule has 0 saturated heterocycles. The maximum atomic E-state index is 12.5. The van der Waals surface area contributed by atoms with Crippen LogP contribution in [-0.4, -0.2) is 12.1 Å². The van der Waals surface area contributed by atoms with Gasteiger partial charge in [-0.15, -0.1) is 0 Å². The topological polar surface area (TPSA) is 41.5 Å². The Kier molecular flexibility index (Phi) is 4.13. The Morgan fingerprint density at radius 2 is 1.46 bits per heavy atom. The molecule has 4 aromatic rings. The van der Waals surface area contributed by atoms with Crippen molar-refractivity contribution in [2.24, 2.45) is 11.0 Å². The van der Waals surface area contributed by atoms with Gasteiger partial charge < -0.3 is 0 Å². The van der Waals surface area contributed by atoms with Crippen LogP contribution in [0.4, 0.5) is 0 Å². The van der Waals surface area contributed by atoms with Crippen molar-refractivity contribution in [2.75, 3.05) is 0 Å². The molecule has 0 unspecified atom stereocenters. The Morgan fingerprint density at radius 1 is 0.857 bits per heavy atom. The molecule has 1 aliphatic carbocycles. The summed E-state index contributed by atoms with van der Waals surface area (Å²) in [5.41, 5.74) is 5.01. The maximum absolute atomic E-state index is 12.5. The fraction of sp³-hybridized carbons (Fsp3) is 0.120. The van der Waals surface area contributed by atoms with Gasteiger partial charge in [-0.1, -0.05) is 78.9 Å². The van der Waals surface area contributed by atoms with Crippen LogP contribution < -0.4 is 5.43 Å². The molecule has 1 saturated carbocycles. The van der Waals surface area contributed by atoms with Crippen LogP contribution in [0.1, 0.15) is 23.5 Å². The lowest BCUT2D eigenvalue weighted by Gasteiger charge is -2.08. The first-order valence-corrected chi connectivity index (χ1v) is 9.59. The molecular weight excluding hydrogens is 344 g/mol. The fourth-order valence-corrected chi connectivity index (χ4v) is 3.98. The number of carbonyl (C=O) groups excluding carboxylic acids is 1. The van der Waals surface area contributed by atoms with Gasteiger partial charge in [0.1, 0.15) is 0 Å². The van der Waals surface area contributed by atoms with Gasteiger partial charge in [0.05, 0.1) is 6.21 Å². The van der Waals surface area contributed by atoms with Crippen LogP contribution in [0.25, 0.3) is 21.5 Å². The number of hydrazone groups is 1. The first-order valence-electron chi connectivity index (χ1n) is 9.59. The molecule has 28 heavy (non-hydrogen) atoms. The van der Waals surface area contributed by atoms with Gasteiger partial charge in [0.2, 0.25) is 5.91 Å². The van der Waals surface area contributed by atoms with Gasteiger partial charge in [0.15, 0.2) is 0 Å². The van der Waals surface area contributed by atoms with Gasteiger partial charge >= 0.3 is 0 Å². The van der Waals surface area contributed by atoms with E-state index < -0.39 is 0 Å². The summed E-state index contributed by atoms with van der Waals surface area (Å²) in [6.45, 7) is 0. The van der Waals surface area contributed by atoms with Crippen molar-refractivity contribution in [3.8, 4) is 0 Å². The van der Waals surface area contributed by atoms with E-state index in [-0.39, 0.29) is 11.8 Å². The van der Waals surface area contributed by atoms with E-state index >= 15 is 0 Å². The molecule has 1 amide bonds. The minimum Gasteiger partial charge on any atom is -0.273 e. The van der Waals surface area contributed by atoms with Crippen molar-refractivity contribution in [1.29, 1.82) is 0 Å². The smallest absolute Gasteiger partial charge is 0.243 e. The van der Waals surface area contributed by atoms with E-state index in [0.29, 0.717) is 5.92 Å². The average Bonchev–Trinajstić information content (AvgIpc) is 3.55. The zero-order chi connectivity index (χ0) is 18.9. The molecule has 0 radical (unpaired) electrons. The van der Waals surface area contributed by atoms with E-state index in [9.17, 15) is 4.79 Å². The SMILES string of the molecule is O=C(N/N=C\c1c2ccccc2cc2ccccc12)[C@H]1C[C@H]1c1ccccc1. The molecule has 0 heterocycles. The molecular formula is C25H20N2O. The second kappa shape index (κ2) is 6.93. The molecule has 4 aromatic carbocycles. The second-order valence-corrected chi connectivity index (χ2v) is 7.33. The summed E-state index contributed by atoms with van der Waals surface area (Å²) < 4.78 is 0. The number of nitrogens with one attached hydrogen (secondary N) is 1. The summed E-state index contributed by atoms with van der Waals surface area (Å²) in [5.74, 6) is 0.327. The Hall–Kier alpha value is -3.46. The van der Waals surface area contributed by atoms with Gasteiger partial charge in [-0.05, 0) is 45.5 Å². The van der Waals surface area contributed by atoms with Crippen molar-refractivity contribution in [3.05, 3.63) is 96.1 Å². The Balaban J connectivity index is 1.39. The van der Waals surface area contributed by atoms with Crippen molar-refractivity contribution in [3.63, 3.8) is 0 Å². The van der Waals surface area contributed by atoms with Crippen LogP contribution in [0.15, 0.2) is 90.0 Å². The number of hydrogen-bond acceptors (Lipinski definition) is 2. The lowest BCUT2D eigenvalue weighted by Crippen LogP contribution is -2.20.